The molecular formula is C26H24ClN5O3. The van der Waals surface area contributed by atoms with E-state index >= 15 is 0 Å². The first-order chi connectivity index (χ1) is 16.8. The summed E-state index contributed by atoms with van der Waals surface area (Å²) < 4.78 is 2.51. The number of hydrogen-bond donors (Lipinski definition) is 2. The number of nitrogens with one attached hydrogen (secondary N) is 2. The summed E-state index contributed by atoms with van der Waals surface area (Å²) in [5.74, 6) is -0.145. The lowest BCUT2D eigenvalue weighted by molar-refractivity contribution is 0.102. The van der Waals surface area contributed by atoms with Crippen LogP contribution in [0.25, 0.3) is 0 Å². The zero-order chi connectivity index (χ0) is 24.9. The van der Waals surface area contributed by atoms with Gasteiger partial charge < -0.3 is 10.6 Å². The van der Waals surface area contributed by atoms with Crippen molar-refractivity contribution in [1.29, 1.82) is 0 Å². The molecule has 4 rings (SSSR count). The zero-order valence-corrected chi connectivity index (χ0v) is 20.0. The Bertz CT molecular complexity index is 1440. The van der Waals surface area contributed by atoms with Gasteiger partial charge in [0.1, 0.15) is 0 Å². The summed E-state index contributed by atoms with van der Waals surface area (Å²) in [5, 5.41) is 6.46. The molecule has 0 spiro atoms. The molecule has 0 radical (unpaired) electrons. The summed E-state index contributed by atoms with van der Waals surface area (Å²) in [7, 11) is 0. The van der Waals surface area contributed by atoms with Gasteiger partial charge >= 0.3 is 11.4 Å². The fourth-order valence-electron chi connectivity index (χ4n) is 3.52. The summed E-state index contributed by atoms with van der Waals surface area (Å²) in [5.41, 5.74) is 1.43. The summed E-state index contributed by atoms with van der Waals surface area (Å²) in [6, 6.07) is 22.6. The van der Waals surface area contributed by atoms with Crippen molar-refractivity contribution >= 4 is 34.8 Å². The van der Waals surface area contributed by atoms with Gasteiger partial charge in [-0.2, -0.15) is 4.98 Å². The van der Waals surface area contributed by atoms with E-state index in [4.69, 9.17) is 11.6 Å². The lowest BCUT2D eigenvalue weighted by Gasteiger charge is -2.17. The van der Waals surface area contributed by atoms with Gasteiger partial charge in [-0.05, 0) is 67.9 Å². The average Bonchev–Trinajstić information content (AvgIpc) is 2.83. The number of para-hydroxylation sites is 1. The van der Waals surface area contributed by atoms with Crippen LogP contribution < -0.4 is 22.0 Å². The van der Waals surface area contributed by atoms with Crippen LogP contribution >= 0.6 is 11.6 Å². The number of hydrogen-bond acceptors (Lipinski definition) is 5. The molecule has 0 saturated carbocycles. The Balaban J connectivity index is 1.62. The van der Waals surface area contributed by atoms with Crippen LogP contribution in [0, 0.1) is 0 Å². The van der Waals surface area contributed by atoms with Crippen LogP contribution in [-0.4, -0.2) is 20.0 Å². The Morgan fingerprint density at radius 2 is 1.57 bits per heavy atom. The summed E-state index contributed by atoms with van der Waals surface area (Å²) in [6.45, 7) is 3.70. The minimum Gasteiger partial charge on any atom is -0.325 e. The maximum absolute atomic E-state index is 13.2. The van der Waals surface area contributed by atoms with E-state index in [9.17, 15) is 14.4 Å². The van der Waals surface area contributed by atoms with Crippen molar-refractivity contribution in [2.24, 2.45) is 0 Å². The van der Waals surface area contributed by atoms with Crippen molar-refractivity contribution in [1.82, 2.24) is 14.1 Å². The highest BCUT2D eigenvalue weighted by Gasteiger charge is 2.16. The molecule has 178 valence electrons. The highest BCUT2D eigenvalue weighted by Crippen LogP contribution is 2.17. The van der Waals surface area contributed by atoms with Gasteiger partial charge in [-0.3, -0.25) is 9.36 Å². The summed E-state index contributed by atoms with van der Waals surface area (Å²) in [6.07, 6.45) is 0. The first kappa shape index (κ1) is 24.0. The molecule has 0 aliphatic rings. The number of benzene rings is 3. The van der Waals surface area contributed by atoms with E-state index in [1.54, 1.807) is 62.4 Å². The smallest absolute Gasteiger partial charge is 0.325 e. The largest absolute Gasteiger partial charge is 0.355 e. The van der Waals surface area contributed by atoms with E-state index < -0.39 is 11.4 Å². The summed E-state index contributed by atoms with van der Waals surface area (Å²) >= 11 is 5.99. The first-order valence-corrected chi connectivity index (χ1v) is 11.4. The number of carbonyl (C=O) groups is 1. The van der Waals surface area contributed by atoms with Gasteiger partial charge in [-0.25, -0.2) is 14.2 Å². The molecule has 0 fully saturated rings. The van der Waals surface area contributed by atoms with Crippen LogP contribution in [0.15, 0.2) is 88.5 Å². The van der Waals surface area contributed by atoms with Crippen LogP contribution in [0.1, 0.15) is 35.8 Å². The second-order valence-electron chi connectivity index (χ2n) is 8.20. The number of carbonyl (C=O) groups excluding carboxylic acids is 1. The average molecular weight is 490 g/mol. The van der Waals surface area contributed by atoms with Gasteiger partial charge in [-0.1, -0.05) is 41.9 Å². The molecular weight excluding hydrogens is 466 g/mol. The zero-order valence-electron chi connectivity index (χ0n) is 19.2. The maximum Gasteiger partial charge on any atom is 0.355 e. The predicted molar refractivity (Wildman–Crippen MR) is 138 cm³/mol. The number of aromatic nitrogens is 3. The van der Waals surface area contributed by atoms with Gasteiger partial charge in [0.15, 0.2) is 0 Å². The molecule has 0 atom stereocenters. The molecule has 2 N–H and O–H groups in total. The predicted octanol–water partition coefficient (Wildman–Crippen LogP) is 4.68. The van der Waals surface area contributed by atoms with Crippen molar-refractivity contribution < 1.29 is 4.79 Å². The third kappa shape index (κ3) is 5.67. The molecule has 1 aromatic heterocycles. The number of rotatable bonds is 7. The maximum atomic E-state index is 13.2. The second kappa shape index (κ2) is 10.4. The Labute approximate surface area is 206 Å². The molecule has 0 saturated heterocycles. The second-order valence-corrected chi connectivity index (χ2v) is 8.64. The minimum atomic E-state index is -0.640. The molecule has 0 unspecified atom stereocenters. The van der Waals surface area contributed by atoms with Crippen molar-refractivity contribution in [2.75, 3.05) is 10.6 Å². The van der Waals surface area contributed by atoms with Crippen molar-refractivity contribution in [3.8, 4) is 0 Å². The molecule has 8 nitrogen and oxygen atoms in total. The van der Waals surface area contributed by atoms with Gasteiger partial charge in [0.05, 0.1) is 6.54 Å². The Morgan fingerprint density at radius 1 is 0.914 bits per heavy atom. The van der Waals surface area contributed by atoms with Gasteiger partial charge in [0.25, 0.3) is 5.91 Å². The van der Waals surface area contributed by atoms with E-state index in [2.05, 4.69) is 15.6 Å². The lowest BCUT2D eigenvalue weighted by atomic mass is 10.2. The molecule has 1 amide bonds. The molecule has 35 heavy (non-hydrogen) atoms. The third-order valence-corrected chi connectivity index (χ3v) is 5.56. The monoisotopic (exact) mass is 489 g/mol. The number of nitrogens with zero attached hydrogens (tertiary/aromatic N) is 3. The Kier molecular flexibility index (Phi) is 7.12. The molecule has 0 aliphatic carbocycles. The van der Waals surface area contributed by atoms with Crippen molar-refractivity contribution in [2.45, 2.75) is 26.4 Å². The number of halogens is 1. The highest BCUT2D eigenvalue weighted by atomic mass is 35.5. The molecule has 0 aliphatic heterocycles. The van der Waals surface area contributed by atoms with Crippen molar-refractivity contribution in [3.05, 3.63) is 116 Å². The normalized spacial score (nSPS) is 10.9. The van der Waals surface area contributed by atoms with Gasteiger partial charge in [-0.15, -0.1) is 0 Å². The van der Waals surface area contributed by atoms with Gasteiger partial charge in [0, 0.05) is 28.0 Å². The van der Waals surface area contributed by atoms with Crippen LogP contribution in [0.5, 0.6) is 0 Å². The summed E-state index contributed by atoms with van der Waals surface area (Å²) in [4.78, 5) is 42.4. The molecule has 4 aromatic rings. The van der Waals surface area contributed by atoms with E-state index in [1.165, 1.54) is 4.57 Å². The lowest BCUT2D eigenvalue weighted by Crippen LogP contribution is -2.43. The van der Waals surface area contributed by atoms with Gasteiger partial charge in [0.2, 0.25) is 5.95 Å². The van der Waals surface area contributed by atoms with E-state index in [0.717, 1.165) is 10.1 Å². The van der Waals surface area contributed by atoms with Crippen molar-refractivity contribution in [3.63, 3.8) is 0 Å². The molecule has 3 aromatic carbocycles. The standard InChI is InChI=1S/C26H24ClN5O3/c1-17(2)32-25(34)30-24(31(26(32)35)16-18-8-12-20(27)13-9-18)29-22-14-10-19(11-15-22)23(33)28-21-6-4-3-5-7-21/h3-15,17H,16H2,1-2H3,(H,28,33)(H,29,30,34). The van der Waals surface area contributed by atoms with Crippen LogP contribution in [0.4, 0.5) is 17.3 Å². The fraction of sp³-hybridized carbons (Fsp3) is 0.154. The SMILES string of the molecule is CC(C)n1c(=O)nc(Nc2ccc(C(=O)Nc3ccccc3)cc2)n(Cc2ccc(Cl)cc2)c1=O. The number of amides is 1. The van der Waals surface area contributed by atoms with E-state index in [-0.39, 0.29) is 24.4 Å². The first-order valence-electron chi connectivity index (χ1n) is 11.0. The van der Waals surface area contributed by atoms with E-state index in [0.29, 0.717) is 22.0 Å². The van der Waals surface area contributed by atoms with Crippen LogP contribution in [-0.2, 0) is 6.54 Å². The van der Waals surface area contributed by atoms with Crippen LogP contribution in [0.3, 0.4) is 0 Å². The number of anilines is 3. The Hall–Kier alpha value is -4.17. The topological polar surface area (TPSA) is 98.0 Å². The highest BCUT2D eigenvalue weighted by molar-refractivity contribution is 6.30. The molecule has 1 heterocycles. The molecule has 0 bridgehead atoms. The quantitative estimate of drug-likeness (QED) is 0.392. The minimum absolute atomic E-state index is 0.105. The fourth-order valence-corrected chi connectivity index (χ4v) is 3.64. The van der Waals surface area contributed by atoms with E-state index in [1.807, 2.05) is 30.3 Å². The molecule has 9 heteroatoms. The van der Waals surface area contributed by atoms with Crippen LogP contribution in [0.2, 0.25) is 5.02 Å². The third-order valence-electron chi connectivity index (χ3n) is 5.31. The Morgan fingerprint density at radius 3 is 2.20 bits per heavy atom.